The van der Waals surface area contributed by atoms with Crippen molar-refractivity contribution in [2.75, 3.05) is 29.0 Å². The number of rotatable bonds is 11. The second-order valence-corrected chi connectivity index (χ2v) is 10.9. The van der Waals surface area contributed by atoms with Crippen molar-refractivity contribution in [3.63, 3.8) is 0 Å². The zero-order chi connectivity index (χ0) is 23.0. The highest BCUT2D eigenvalue weighted by atomic mass is 32.2. The Labute approximate surface area is 196 Å². The van der Waals surface area contributed by atoms with E-state index in [1.165, 1.54) is 23.1 Å². The Bertz CT molecular complexity index is 1120. The maximum Gasteiger partial charge on any atom is 0.246 e. The number of ether oxygens (including phenoxy) is 1. The first-order valence-corrected chi connectivity index (χ1v) is 13.5. The van der Waals surface area contributed by atoms with Gasteiger partial charge in [0.15, 0.2) is 4.34 Å². The molecular formula is C21H24N4O4S3. The summed E-state index contributed by atoms with van der Waals surface area (Å²) in [6.45, 7) is 2.20. The van der Waals surface area contributed by atoms with Crippen molar-refractivity contribution in [3.8, 4) is 5.75 Å². The summed E-state index contributed by atoms with van der Waals surface area (Å²) in [6, 6.07) is 16.6. The number of hydrogen-bond acceptors (Lipinski definition) is 8. The molecule has 3 aromatic rings. The molecule has 0 spiro atoms. The molecule has 11 heteroatoms. The van der Waals surface area contributed by atoms with Crippen LogP contribution < -0.4 is 14.4 Å². The quantitative estimate of drug-likeness (QED) is 0.319. The number of benzene rings is 2. The lowest BCUT2D eigenvalue weighted by molar-refractivity contribution is -0.114. The topological polar surface area (TPSA) is 101 Å². The molecule has 0 fully saturated rings. The Balaban J connectivity index is 1.60. The van der Waals surface area contributed by atoms with Crippen LogP contribution in [0.15, 0.2) is 58.9 Å². The molecule has 3 rings (SSSR count). The Morgan fingerprint density at radius 2 is 1.84 bits per heavy atom. The number of aromatic nitrogens is 2. The maximum atomic E-state index is 12.5. The summed E-state index contributed by atoms with van der Waals surface area (Å²) in [5.74, 6) is 0.879. The molecule has 0 saturated carbocycles. The number of sulfonamides is 1. The molecule has 32 heavy (non-hydrogen) atoms. The van der Waals surface area contributed by atoms with Gasteiger partial charge in [0.2, 0.25) is 21.1 Å². The van der Waals surface area contributed by atoms with Crippen molar-refractivity contribution in [1.29, 1.82) is 0 Å². The van der Waals surface area contributed by atoms with Crippen LogP contribution in [-0.4, -0.2) is 43.9 Å². The summed E-state index contributed by atoms with van der Waals surface area (Å²) in [6.07, 6.45) is 1.93. The van der Waals surface area contributed by atoms with Crippen LogP contribution in [0.1, 0.15) is 18.9 Å². The smallest absolute Gasteiger partial charge is 0.246 e. The summed E-state index contributed by atoms with van der Waals surface area (Å²) in [4.78, 5) is 12.5. The second kappa shape index (κ2) is 11.3. The largest absolute Gasteiger partial charge is 0.494 e. The highest BCUT2D eigenvalue weighted by Crippen LogP contribution is 2.28. The second-order valence-electron chi connectivity index (χ2n) is 6.81. The first-order valence-electron chi connectivity index (χ1n) is 9.86. The van der Waals surface area contributed by atoms with Gasteiger partial charge in [0, 0.05) is 5.75 Å². The minimum absolute atomic E-state index is 0.322. The Hall–Kier alpha value is -2.63. The van der Waals surface area contributed by atoms with Gasteiger partial charge in [0.1, 0.15) is 12.3 Å². The standard InChI is InChI=1S/C21H24N4O4S3/c1-3-13-29-18-11-9-17(10-12-18)25(32(2,27)28)14-19(26)22-20-23-24-21(31-20)30-15-16-7-5-4-6-8-16/h4-12H,3,13-15H2,1-2H3,(H,22,23,26). The van der Waals surface area contributed by atoms with E-state index in [2.05, 4.69) is 15.5 Å². The number of anilines is 2. The van der Waals surface area contributed by atoms with E-state index in [1.54, 1.807) is 24.3 Å². The van der Waals surface area contributed by atoms with Crippen LogP contribution in [0.5, 0.6) is 5.75 Å². The van der Waals surface area contributed by atoms with Crippen molar-refractivity contribution in [2.45, 2.75) is 23.4 Å². The molecular weight excluding hydrogens is 468 g/mol. The molecule has 1 heterocycles. The average Bonchev–Trinajstić information content (AvgIpc) is 3.22. The number of nitrogens with one attached hydrogen (secondary N) is 1. The maximum absolute atomic E-state index is 12.5. The molecule has 1 N–H and O–H groups in total. The average molecular weight is 493 g/mol. The molecule has 170 valence electrons. The number of thioether (sulfide) groups is 1. The van der Waals surface area contributed by atoms with Gasteiger partial charge in [-0.2, -0.15) is 0 Å². The lowest BCUT2D eigenvalue weighted by atomic mass is 10.2. The Kier molecular flexibility index (Phi) is 8.48. The van der Waals surface area contributed by atoms with Crippen LogP contribution in [0.25, 0.3) is 0 Å². The van der Waals surface area contributed by atoms with Gasteiger partial charge in [-0.3, -0.25) is 14.4 Å². The Morgan fingerprint density at radius 1 is 1.12 bits per heavy atom. The zero-order valence-corrected chi connectivity index (χ0v) is 20.2. The van der Waals surface area contributed by atoms with Crippen molar-refractivity contribution >= 4 is 49.8 Å². The SMILES string of the molecule is CCCOc1ccc(N(CC(=O)Nc2nnc(SCc3ccccc3)s2)S(C)(=O)=O)cc1. The van der Waals surface area contributed by atoms with Crippen LogP contribution in [0.3, 0.4) is 0 Å². The summed E-state index contributed by atoms with van der Waals surface area (Å²) < 4.78 is 31.9. The lowest BCUT2D eigenvalue weighted by Crippen LogP contribution is -2.37. The number of carbonyl (C=O) groups is 1. The number of carbonyl (C=O) groups excluding carboxylic acids is 1. The minimum atomic E-state index is -3.67. The fraction of sp³-hybridized carbons (Fsp3) is 0.286. The first-order chi connectivity index (χ1) is 15.3. The van der Waals surface area contributed by atoms with E-state index in [4.69, 9.17) is 4.74 Å². The van der Waals surface area contributed by atoms with Crippen molar-refractivity contribution in [1.82, 2.24) is 10.2 Å². The number of amides is 1. The summed E-state index contributed by atoms with van der Waals surface area (Å²) in [5.41, 5.74) is 1.54. The van der Waals surface area contributed by atoms with Gasteiger partial charge >= 0.3 is 0 Å². The van der Waals surface area contributed by atoms with E-state index in [-0.39, 0.29) is 6.54 Å². The van der Waals surface area contributed by atoms with Gasteiger partial charge in [-0.15, -0.1) is 10.2 Å². The zero-order valence-electron chi connectivity index (χ0n) is 17.7. The van der Waals surface area contributed by atoms with Crippen molar-refractivity contribution in [3.05, 3.63) is 60.2 Å². The predicted octanol–water partition coefficient (Wildman–Crippen LogP) is 4.02. The van der Waals surface area contributed by atoms with E-state index < -0.39 is 15.9 Å². The van der Waals surface area contributed by atoms with Crippen molar-refractivity contribution in [2.24, 2.45) is 0 Å². The van der Waals surface area contributed by atoms with Crippen LogP contribution in [0.2, 0.25) is 0 Å². The van der Waals surface area contributed by atoms with E-state index in [9.17, 15) is 13.2 Å². The van der Waals surface area contributed by atoms with E-state index in [1.807, 2.05) is 37.3 Å². The summed E-state index contributed by atoms with van der Waals surface area (Å²) in [5, 5.41) is 11.0. The molecule has 0 atom stereocenters. The molecule has 1 aromatic heterocycles. The minimum Gasteiger partial charge on any atom is -0.494 e. The highest BCUT2D eigenvalue weighted by molar-refractivity contribution is 8.00. The van der Waals surface area contributed by atoms with Crippen LogP contribution in [0, 0.1) is 0 Å². The van der Waals surface area contributed by atoms with Gasteiger partial charge in [0.25, 0.3) is 0 Å². The van der Waals surface area contributed by atoms with Gasteiger partial charge in [-0.25, -0.2) is 8.42 Å². The normalized spacial score (nSPS) is 11.2. The number of hydrogen-bond donors (Lipinski definition) is 1. The first kappa shape index (κ1) is 24.0. The summed E-state index contributed by atoms with van der Waals surface area (Å²) >= 11 is 2.76. The molecule has 0 saturated heterocycles. The highest BCUT2D eigenvalue weighted by Gasteiger charge is 2.22. The molecule has 0 unspecified atom stereocenters. The molecule has 0 aliphatic rings. The van der Waals surface area contributed by atoms with Gasteiger partial charge in [0.05, 0.1) is 18.6 Å². The van der Waals surface area contributed by atoms with Gasteiger partial charge in [-0.05, 0) is 36.2 Å². The molecule has 0 radical (unpaired) electrons. The monoisotopic (exact) mass is 492 g/mol. The summed E-state index contributed by atoms with van der Waals surface area (Å²) in [7, 11) is -3.67. The molecule has 1 amide bonds. The lowest BCUT2D eigenvalue weighted by Gasteiger charge is -2.21. The molecule has 2 aromatic carbocycles. The van der Waals surface area contributed by atoms with Crippen LogP contribution >= 0.6 is 23.1 Å². The third-order valence-corrected chi connectivity index (χ3v) is 7.33. The van der Waals surface area contributed by atoms with Crippen LogP contribution in [0.4, 0.5) is 10.8 Å². The van der Waals surface area contributed by atoms with E-state index in [0.29, 0.717) is 27.5 Å². The molecule has 8 nitrogen and oxygen atoms in total. The van der Waals surface area contributed by atoms with Crippen LogP contribution in [-0.2, 0) is 20.6 Å². The van der Waals surface area contributed by atoms with Gasteiger partial charge in [-0.1, -0.05) is 60.4 Å². The fourth-order valence-corrected chi connectivity index (χ4v) is 5.24. The number of nitrogens with zero attached hydrogens (tertiary/aromatic N) is 3. The predicted molar refractivity (Wildman–Crippen MR) is 129 cm³/mol. The Morgan fingerprint density at radius 3 is 2.50 bits per heavy atom. The van der Waals surface area contributed by atoms with Crippen molar-refractivity contribution < 1.29 is 17.9 Å². The molecule has 0 aliphatic carbocycles. The third kappa shape index (κ3) is 7.21. The van der Waals surface area contributed by atoms with Gasteiger partial charge < -0.3 is 4.74 Å². The molecule has 0 bridgehead atoms. The van der Waals surface area contributed by atoms with E-state index in [0.717, 1.165) is 28.3 Å². The van der Waals surface area contributed by atoms with E-state index >= 15 is 0 Å². The molecule has 0 aliphatic heterocycles. The third-order valence-electron chi connectivity index (χ3n) is 4.14. The fourth-order valence-electron chi connectivity index (χ4n) is 2.66.